The fourth-order valence-corrected chi connectivity index (χ4v) is 5.82. The number of nitrogens with one attached hydrogen (secondary N) is 2. The summed E-state index contributed by atoms with van der Waals surface area (Å²) in [7, 11) is 0. The van der Waals surface area contributed by atoms with Gasteiger partial charge in [0.05, 0.1) is 34.1 Å². The summed E-state index contributed by atoms with van der Waals surface area (Å²) < 4.78 is 39.5. The third-order valence-electron chi connectivity index (χ3n) is 7.02. The number of hydrogen-bond acceptors (Lipinski definition) is 8. The first-order chi connectivity index (χ1) is 17.1. The number of likely N-dealkylation sites (tertiary alicyclic amines) is 1. The quantitative estimate of drug-likeness (QED) is 0.458. The fourth-order valence-electron chi connectivity index (χ4n) is 5.04. The van der Waals surface area contributed by atoms with Crippen LogP contribution in [-0.4, -0.2) is 62.6 Å². The largest absolute Gasteiger partial charge is 0.416 e. The summed E-state index contributed by atoms with van der Waals surface area (Å²) in [4.78, 5) is 28.2. The van der Waals surface area contributed by atoms with E-state index in [2.05, 4.69) is 30.5 Å². The molecule has 12 heteroatoms. The maximum atomic E-state index is 13.2. The van der Waals surface area contributed by atoms with Gasteiger partial charge in [-0.2, -0.15) is 13.2 Å². The van der Waals surface area contributed by atoms with Gasteiger partial charge in [0.2, 0.25) is 5.91 Å². The number of amides is 1. The van der Waals surface area contributed by atoms with Crippen LogP contribution in [0.3, 0.4) is 0 Å². The van der Waals surface area contributed by atoms with Crippen LogP contribution in [0.1, 0.15) is 41.9 Å². The second kappa shape index (κ2) is 9.56. The van der Waals surface area contributed by atoms with Crippen molar-refractivity contribution in [2.75, 3.05) is 25.0 Å². The molecule has 2 fully saturated rings. The third-order valence-corrected chi connectivity index (χ3v) is 7.98. The molecule has 2 aliphatic rings. The minimum absolute atomic E-state index is 0.0160. The van der Waals surface area contributed by atoms with Crippen LogP contribution >= 0.6 is 11.3 Å². The summed E-state index contributed by atoms with van der Waals surface area (Å²) in [6, 6.07) is 3.69. The molecule has 1 aliphatic heterocycles. The van der Waals surface area contributed by atoms with Crippen LogP contribution in [0.5, 0.6) is 0 Å². The Morgan fingerprint density at radius 3 is 2.67 bits per heavy atom. The van der Waals surface area contributed by atoms with E-state index in [-0.39, 0.29) is 29.7 Å². The number of alkyl halides is 3. The van der Waals surface area contributed by atoms with E-state index >= 15 is 0 Å². The van der Waals surface area contributed by atoms with E-state index < -0.39 is 17.3 Å². The average molecular weight is 521 g/mol. The van der Waals surface area contributed by atoms with Gasteiger partial charge in [0, 0.05) is 30.7 Å². The SMILES string of the molecule is Cc1nc(NCC(=O)NC2CN([C@H]3CC[C@@](O)(c4cncs4)CC3)C2)c2cc(C(F)(F)F)ccc2n1. The van der Waals surface area contributed by atoms with Crippen LogP contribution < -0.4 is 10.6 Å². The molecule has 0 atom stereocenters. The lowest BCUT2D eigenvalue weighted by Crippen LogP contribution is -2.63. The number of aliphatic hydroxyl groups is 1. The highest BCUT2D eigenvalue weighted by molar-refractivity contribution is 7.09. The van der Waals surface area contributed by atoms with Gasteiger partial charge in [0.15, 0.2) is 0 Å². The molecule has 0 unspecified atom stereocenters. The summed E-state index contributed by atoms with van der Waals surface area (Å²) in [5.41, 5.74) is 0.539. The highest BCUT2D eigenvalue weighted by Gasteiger charge is 2.41. The molecule has 5 rings (SSSR count). The van der Waals surface area contributed by atoms with Crippen molar-refractivity contribution >= 4 is 34.0 Å². The smallest absolute Gasteiger partial charge is 0.384 e. The molecule has 1 saturated carbocycles. The summed E-state index contributed by atoms with van der Waals surface area (Å²) in [5, 5.41) is 17.0. The van der Waals surface area contributed by atoms with Crippen molar-refractivity contribution in [2.45, 2.75) is 56.5 Å². The zero-order chi connectivity index (χ0) is 25.5. The minimum atomic E-state index is -4.48. The van der Waals surface area contributed by atoms with E-state index in [0.29, 0.717) is 30.2 Å². The van der Waals surface area contributed by atoms with Gasteiger partial charge in [0.25, 0.3) is 0 Å². The van der Waals surface area contributed by atoms with Crippen molar-refractivity contribution in [2.24, 2.45) is 0 Å². The predicted octanol–water partition coefficient (Wildman–Crippen LogP) is 3.46. The first-order valence-corrected chi connectivity index (χ1v) is 12.7. The molecule has 8 nitrogen and oxygen atoms in total. The Hall–Kier alpha value is -2.83. The number of aryl methyl sites for hydroxylation is 1. The van der Waals surface area contributed by atoms with Gasteiger partial charge in [-0.1, -0.05) is 0 Å². The van der Waals surface area contributed by atoms with Crippen LogP contribution in [0.25, 0.3) is 10.9 Å². The van der Waals surface area contributed by atoms with E-state index in [9.17, 15) is 23.1 Å². The molecule has 3 N–H and O–H groups in total. The summed E-state index contributed by atoms with van der Waals surface area (Å²) in [6.45, 7) is 3.01. The number of carbonyl (C=O) groups is 1. The van der Waals surface area contributed by atoms with Crippen molar-refractivity contribution in [1.29, 1.82) is 0 Å². The number of aromatic nitrogens is 3. The van der Waals surface area contributed by atoms with Gasteiger partial charge in [-0.25, -0.2) is 9.97 Å². The molecule has 1 saturated heterocycles. The molecular formula is C24H27F3N6O2S. The van der Waals surface area contributed by atoms with Gasteiger partial charge >= 0.3 is 6.18 Å². The normalized spacial score (nSPS) is 23.4. The Bertz CT molecular complexity index is 1240. The standard InChI is InChI=1S/C24H27F3N6O2S/c1-14-30-19-3-2-15(24(25,26)27)8-18(19)22(31-14)29-10-21(34)32-16-11-33(12-16)17-4-6-23(35,7-5-17)20-9-28-13-36-20/h2-3,8-9,13,16-17,35H,4-7,10-12H2,1H3,(H,32,34)(H,29,30,31)/t17-,23-. The second-order valence-electron chi connectivity index (χ2n) is 9.55. The Morgan fingerprint density at radius 2 is 2.00 bits per heavy atom. The molecule has 1 aliphatic carbocycles. The molecule has 0 bridgehead atoms. The van der Waals surface area contributed by atoms with Crippen LogP contribution in [0.15, 0.2) is 29.9 Å². The molecule has 36 heavy (non-hydrogen) atoms. The number of thiazole rings is 1. The number of hydrogen-bond donors (Lipinski definition) is 3. The molecule has 1 aromatic carbocycles. The number of fused-ring (bicyclic) bond motifs is 1. The molecule has 3 heterocycles. The maximum absolute atomic E-state index is 13.2. The highest BCUT2D eigenvalue weighted by atomic mass is 32.1. The molecule has 2 aromatic heterocycles. The maximum Gasteiger partial charge on any atom is 0.416 e. The zero-order valence-corrected chi connectivity index (χ0v) is 20.5. The lowest BCUT2D eigenvalue weighted by atomic mass is 9.80. The summed E-state index contributed by atoms with van der Waals surface area (Å²) in [6.07, 6.45) is 0.420. The van der Waals surface area contributed by atoms with E-state index in [1.807, 2.05) is 0 Å². The number of benzene rings is 1. The molecule has 3 aromatic rings. The van der Waals surface area contributed by atoms with Crippen LogP contribution in [0.2, 0.25) is 0 Å². The van der Waals surface area contributed by atoms with Gasteiger partial charge in [-0.05, 0) is 50.8 Å². The van der Waals surface area contributed by atoms with Crippen LogP contribution in [-0.2, 0) is 16.6 Å². The molecule has 0 spiro atoms. The van der Waals surface area contributed by atoms with Crippen molar-refractivity contribution in [1.82, 2.24) is 25.2 Å². The predicted molar refractivity (Wildman–Crippen MR) is 130 cm³/mol. The number of nitrogens with zero attached hydrogens (tertiary/aromatic N) is 4. The minimum Gasteiger partial charge on any atom is -0.384 e. The Kier molecular flexibility index (Phi) is 6.60. The Balaban J connectivity index is 1.12. The number of rotatable bonds is 6. The first kappa shape index (κ1) is 24.8. The van der Waals surface area contributed by atoms with Gasteiger partial charge in [0.1, 0.15) is 17.2 Å². The zero-order valence-electron chi connectivity index (χ0n) is 19.7. The van der Waals surface area contributed by atoms with E-state index in [1.54, 1.807) is 18.6 Å². The lowest BCUT2D eigenvalue weighted by Gasteiger charge is -2.48. The van der Waals surface area contributed by atoms with Gasteiger partial charge < -0.3 is 15.7 Å². The first-order valence-electron chi connectivity index (χ1n) is 11.8. The van der Waals surface area contributed by atoms with Crippen molar-refractivity contribution in [3.05, 3.63) is 46.2 Å². The van der Waals surface area contributed by atoms with Crippen molar-refractivity contribution in [3.8, 4) is 0 Å². The number of halogens is 3. The van der Waals surface area contributed by atoms with Gasteiger partial charge in [-0.3, -0.25) is 14.7 Å². The van der Waals surface area contributed by atoms with Gasteiger partial charge in [-0.15, -0.1) is 11.3 Å². The monoisotopic (exact) mass is 520 g/mol. The Labute approximate surface area is 210 Å². The topological polar surface area (TPSA) is 103 Å². The third kappa shape index (κ3) is 5.16. The molecular weight excluding hydrogens is 493 g/mol. The highest BCUT2D eigenvalue weighted by Crippen LogP contribution is 2.40. The Morgan fingerprint density at radius 1 is 1.25 bits per heavy atom. The van der Waals surface area contributed by atoms with Crippen LogP contribution in [0, 0.1) is 6.92 Å². The van der Waals surface area contributed by atoms with Crippen molar-refractivity contribution in [3.63, 3.8) is 0 Å². The summed E-state index contributed by atoms with van der Waals surface area (Å²) in [5.74, 6) is 0.346. The average Bonchev–Trinajstić information content (AvgIpc) is 3.35. The molecule has 1 amide bonds. The number of carbonyl (C=O) groups excluding carboxylic acids is 1. The second-order valence-corrected chi connectivity index (χ2v) is 10.4. The number of anilines is 1. The fraction of sp³-hybridized carbons (Fsp3) is 0.500. The summed E-state index contributed by atoms with van der Waals surface area (Å²) >= 11 is 1.48. The molecule has 192 valence electrons. The van der Waals surface area contributed by atoms with Crippen molar-refractivity contribution < 1.29 is 23.1 Å². The lowest BCUT2D eigenvalue weighted by molar-refractivity contribution is -0.137. The van der Waals surface area contributed by atoms with E-state index in [4.69, 9.17) is 0 Å². The molecule has 0 radical (unpaired) electrons. The van der Waals surface area contributed by atoms with E-state index in [0.717, 1.165) is 42.9 Å². The van der Waals surface area contributed by atoms with Crippen LogP contribution in [0.4, 0.5) is 19.0 Å². The van der Waals surface area contributed by atoms with E-state index in [1.165, 1.54) is 17.4 Å².